The normalized spacial score (nSPS) is 12.5. The van der Waals surface area contributed by atoms with E-state index in [4.69, 9.17) is 0 Å². The van der Waals surface area contributed by atoms with Crippen molar-refractivity contribution in [1.82, 2.24) is 25.4 Å². The fraction of sp³-hybridized carbons (Fsp3) is 0.700. The lowest BCUT2D eigenvalue weighted by Crippen LogP contribution is -2.42. The Labute approximate surface area is 95.4 Å². The monoisotopic (exact) mass is 225 g/mol. The van der Waals surface area contributed by atoms with E-state index in [0.717, 1.165) is 11.6 Å². The van der Waals surface area contributed by atoms with Crippen LogP contribution >= 0.6 is 0 Å². The van der Waals surface area contributed by atoms with E-state index in [9.17, 15) is 4.79 Å². The van der Waals surface area contributed by atoms with Crippen LogP contribution in [0.15, 0.2) is 0 Å². The average Bonchev–Trinajstić information content (AvgIpc) is 2.57. The molecule has 2 N–H and O–H groups in total. The van der Waals surface area contributed by atoms with Gasteiger partial charge in [-0.3, -0.25) is 10.1 Å². The highest BCUT2D eigenvalue weighted by Crippen LogP contribution is 1.97. The highest BCUT2D eigenvalue weighted by atomic mass is 16.2. The molecule has 0 saturated carbocycles. The van der Waals surface area contributed by atoms with Crippen LogP contribution in [0.5, 0.6) is 0 Å². The second-order valence-electron chi connectivity index (χ2n) is 3.72. The first-order chi connectivity index (χ1) is 7.56. The minimum absolute atomic E-state index is 0.00129. The summed E-state index contributed by atoms with van der Waals surface area (Å²) in [5.41, 5.74) is 0. The Morgan fingerprint density at radius 1 is 1.50 bits per heavy atom. The van der Waals surface area contributed by atoms with Gasteiger partial charge in [-0.1, -0.05) is 0 Å². The molecule has 0 aliphatic rings. The number of aromatic nitrogens is 3. The van der Waals surface area contributed by atoms with Gasteiger partial charge in [0.05, 0.1) is 12.6 Å². The topological polar surface area (TPSA) is 71.8 Å². The standard InChI is InChI=1S/C10H19N5O/c1-5-11-10(16)7(2)12-6-9-14-13-8(3)15(9)4/h7,12H,5-6H2,1-4H3,(H,11,16). The van der Waals surface area contributed by atoms with Crippen LogP contribution in [0.1, 0.15) is 25.5 Å². The van der Waals surface area contributed by atoms with E-state index in [1.165, 1.54) is 0 Å². The van der Waals surface area contributed by atoms with Crippen LogP contribution in [0.2, 0.25) is 0 Å². The van der Waals surface area contributed by atoms with Crippen molar-refractivity contribution in [3.8, 4) is 0 Å². The molecule has 6 heteroatoms. The van der Waals surface area contributed by atoms with Gasteiger partial charge in [-0.05, 0) is 20.8 Å². The van der Waals surface area contributed by atoms with E-state index in [0.29, 0.717) is 13.1 Å². The third-order valence-electron chi connectivity index (χ3n) is 2.49. The fourth-order valence-electron chi connectivity index (χ4n) is 1.27. The predicted molar refractivity (Wildman–Crippen MR) is 60.7 cm³/mol. The maximum Gasteiger partial charge on any atom is 0.236 e. The number of aryl methyl sites for hydroxylation is 1. The third-order valence-corrected chi connectivity index (χ3v) is 2.49. The maximum absolute atomic E-state index is 11.4. The molecule has 1 amide bonds. The van der Waals surface area contributed by atoms with E-state index in [1.807, 2.05) is 32.4 Å². The van der Waals surface area contributed by atoms with Crippen molar-refractivity contribution in [1.29, 1.82) is 0 Å². The SMILES string of the molecule is CCNC(=O)C(C)NCc1nnc(C)n1C. The van der Waals surface area contributed by atoms with Crippen molar-refractivity contribution in [2.45, 2.75) is 33.4 Å². The Kier molecular flexibility index (Phi) is 4.42. The lowest BCUT2D eigenvalue weighted by atomic mass is 10.3. The highest BCUT2D eigenvalue weighted by Gasteiger charge is 2.12. The van der Waals surface area contributed by atoms with E-state index < -0.39 is 0 Å². The predicted octanol–water partition coefficient (Wildman–Crippen LogP) is -0.262. The summed E-state index contributed by atoms with van der Waals surface area (Å²) in [6, 6.07) is -0.225. The van der Waals surface area contributed by atoms with Gasteiger partial charge >= 0.3 is 0 Å². The summed E-state index contributed by atoms with van der Waals surface area (Å²) >= 11 is 0. The van der Waals surface area contributed by atoms with Crippen LogP contribution in [0.25, 0.3) is 0 Å². The van der Waals surface area contributed by atoms with Crippen LogP contribution < -0.4 is 10.6 Å². The number of hydrogen-bond acceptors (Lipinski definition) is 4. The van der Waals surface area contributed by atoms with Crippen LogP contribution in [0, 0.1) is 6.92 Å². The van der Waals surface area contributed by atoms with Crippen LogP contribution in [0.3, 0.4) is 0 Å². The number of likely N-dealkylation sites (N-methyl/N-ethyl adjacent to an activating group) is 1. The number of nitrogens with zero attached hydrogens (tertiary/aromatic N) is 3. The summed E-state index contributed by atoms with van der Waals surface area (Å²) in [6.07, 6.45) is 0. The Hall–Kier alpha value is -1.43. The highest BCUT2D eigenvalue weighted by molar-refractivity contribution is 5.81. The Bertz CT molecular complexity index is 360. The molecule has 1 atom stereocenters. The molecule has 0 aliphatic carbocycles. The first-order valence-corrected chi connectivity index (χ1v) is 5.42. The fourth-order valence-corrected chi connectivity index (χ4v) is 1.27. The minimum atomic E-state index is -0.225. The molecule has 90 valence electrons. The molecule has 0 saturated heterocycles. The van der Waals surface area contributed by atoms with Crippen molar-refractivity contribution in [2.75, 3.05) is 6.54 Å². The van der Waals surface area contributed by atoms with E-state index in [2.05, 4.69) is 20.8 Å². The number of amides is 1. The van der Waals surface area contributed by atoms with Crippen LogP contribution in [0.4, 0.5) is 0 Å². The molecule has 6 nitrogen and oxygen atoms in total. The largest absolute Gasteiger partial charge is 0.355 e. The van der Waals surface area contributed by atoms with E-state index in [1.54, 1.807) is 0 Å². The zero-order valence-electron chi connectivity index (χ0n) is 10.2. The van der Waals surface area contributed by atoms with Crippen molar-refractivity contribution < 1.29 is 4.79 Å². The molecule has 1 aromatic rings. The van der Waals surface area contributed by atoms with Crippen molar-refractivity contribution in [3.63, 3.8) is 0 Å². The number of nitrogens with one attached hydrogen (secondary N) is 2. The lowest BCUT2D eigenvalue weighted by Gasteiger charge is -2.12. The van der Waals surface area contributed by atoms with E-state index in [-0.39, 0.29) is 11.9 Å². The average molecular weight is 225 g/mol. The van der Waals surface area contributed by atoms with Crippen molar-refractivity contribution >= 4 is 5.91 Å². The van der Waals surface area contributed by atoms with Crippen molar-refractivity contribution in [3.05, 3.63) is 11.6 Å². The number of hydrogen-bond donors (Lipinski definition) is 2. The Morgan fingerprint density at radius 2 is 2.19 bits per heavy atom. The number of carbonyl (C=O) groups excluding carboxylic acids is 1. The maximum atomic E-state index is 11.4. The Morgan fingerprint density at radius 3 is 2.69 bits per heavy atom. The molecule has 1 aromatic heterocycles. The van der Waals surface area contributed by atoms with Crippen molar-refractivity contribution in [2.24, 2.45) is 7.05 Å². The van der Waals surface area contributed by atoms with Crippen LogP contribution in [-0.2, 0) is 18.4 Å². The van der Waals surface area contributed by atoms with Gasteiger partial charge in [0.1, 0.15) is 11.6 Å². The zero-order chi connectivity index (χ0) is 12.1. The summed E-state index contributed by atoms with van der Waals surface area (Å²) in [7, 11) is 1.91. The van der Waals surface area contributed by atoms with Gasteiger partial charge in [-0.2, -0.15) is 0 Å². The Balaban J connectivity index is 2.45. The molecular weight excluding hydrogens is 206 g/mol. The van der Waals surface area contributed by atoms with Crippen LogP contribution in [-0.4, -0.2) is 33.3 Å². The molecular formula is C10H19N5O. The van der Waals surface area contributed by atoms with Gasteiger partial charge in [-0.15, -0.1) is 10.2 Å². The molecule has 0 aliphatic heterocycles. The lowest BCUT2D eigenvalue weighted by molar-refractivity contribution is -0.122. The van der Waals surface area contributed by atoms with Gasteiger partial charge in [-0.25, -0.2) is 0 Å². The molecule has 0 bridgehead atoms. The first kappa shape index (κ1) is 12.6. The summed E-state index contributed by atoms with van der Waals surface area (Å²) in [6.45, 7) is 6.80. The van der Waals surface area contributed by atoms with Gasteiger partial charge in [0, 0.05) is 13.6 Å². The van der Waals surface area contributed by atoms with Gasteiger partial charge in [0.25, 0.3) is 0 Å². The molecule has 0 spiro atoms. The van der Waals surface area contributed by atoms with E-state index >= 15 is 0 Å². The molecule has 1 heterocycles. The molecule has 16 heavy (non-hydrogen) atoms. The molecule has 1 unspecified atom stereocenters. The summed E-state index contributed by atoms with van der Waals surface area (Å²) in [5.74, 6) is 1.69. The molecule has 0 radical (unpaired) electrons. The summed E-state index contributed by atoms with van der Waals surface area (Å²) in [4.78, 5) is 11.4. The van der Waals surface area contributed by atoms with Gasteiger partial charge in [0.2, 0.25) is 5.91 Å². The molecule has 0 fully saturated rings. The quantitative estimate of drug-likeness (QED) is 0.724. The third kappa shape index (κ3) is 3.03. The molecule has 0 aromatic carbocycles. The smallest absolute Gasteiger partial charge is 0.236 e. The zero-order valence-corrected chi connectivity index (χ0v) is 10.2. The number of rotatable bonds is 5. The number of carbonyl (C=O) groups is 1. The van der Waals surface area contributed by atoms with Gasteiger partial charge < -0.3 is 9.88 Å². The summed E-state index contributed by atoms with van der Waals surface area (Å²) in [5, 5.41) is 13.8. The minimum Gasteiger partial charge on any atom is -0.355 e. The molecule has 1 rings (SSSR count). The van der Waals surface area contributed by atoms with Gasteiger partial charge in [0.15, 0.2) is 0 Å². The first-order valence-electron chi connectivity index (χ1n) is 5.42. The summed E-state index contributed by atoms with van der Waals surface area (Å²) < 4.78 is 1.90. The second kappa shape index (κ2) is 5.60. The second-order valence-corrected chi connectivity index (χ2v) is 3.72.